The highest BCUT2D eigenvalue weighted by Crippen LogP contribution is 2.21. The van der Waals surface area contributed by atoms with Crippen LogP contribution in [0.25, 0.3) is 10.8 Å². The van der Waals surface area contributed by atoms with Gasteiger partial charge in [0.25, 0.3) is 5.91 Å². The van der Waals surface area contributed by atoms with Crippen LogP contribution >= 0.6 is 11.6 Å². The van der Waals surface area contributed by atoms with E-state index in [0.717, 1.165) is 22.0 Å². The highest BCUT2D eigenvalue weighted by Gasteiger charge is 2.19. The average molecular weight is 385 g/mol. The van der Waals surface area contributed by atoms with Crippen molar-refractivity contribution in [1.29, 1.82) is 0 Å². The Kier molecular flexibility index (Phi) is 5.76. The molecule has 27 heavy (non-hydrogen) atoms. The molecule has 3 rings (SSSR count). The summed E-state index contributed by atoms with van der Waals surface area (Å²) in [4.78, 5) is 24.3. The van der Waals surface area contributed by atoms with Crippen molar-refractivity contribution in [2.24, 2.45) is 7.05 Å². The van der Waals surface area contributed by atoms with Gasteiger partial charge >= 0.3 is 0 Å². The van der Waals surface area contributed by atoms with Crippen molar-refractivity contribution >= 4 is 34.2 Å². The molecule has 0 spiro atoms. The molecule has 3 aromatic rings. The van der Waals surface area contributed by atoms with Crippen molar-refractivity contribution in [3.05, 3.63) is 65.5 Å². The molecule has 7 heteroatoms. The van der Waals surface area contributed by atoms with E-state index in [-0.39, 0.29) is 24.2 Å². The van der Waals surface area contributed by atoms with Gasteiger partial charge in [-0.1, -0.05) is 36.4 Å². The number of benzene rings is 2. The number of amides is 2. The summed E-state index contributed by atoms with van der Waals surface area (Å²) in [5.74, 6) is -0.663. The van der Waals surface area contributed by atoms with E-state index < -0.39 is 6.04 Å². The molecule has 6 nitrogen and oxygen atoms in total. The van der Waals surface area contributed by atoms with Crippen LogP contribution < -0.4 is 10.6 Å². The maximum absolute atomic E-state index is 12.7. The van der Waals surface area contributed by atoms with Crippen molar-refractivity contribution in [1.82, 2.24) is 20.4 Å². The van der Waals surface area contributed by atoms with E-state index in [2.05, 4.69) is 15.7 Å². The lowest BCUT2D eigenvalue weighted by Gasteiger charge is -2.20. The van der Waals surface area contributed by atoms with Gasteiger partial charge in [-0.3, -0.25) is 14.3 Å². The Labute approximate surface area is 162 Å². The number of carbonyl (C=O) groups excluding carboxylic acids is 2. The topological polar surface area (TPSA) is 76.0 Å². The van der Waals surface area contributed by atoms with Crippen molar-refractivity contribution in [3.63, 3.8) is 0 Å². The molecule has 0 radical (unpaired) electrons. The molecule has 1 atom stereocenters. The van der Waals surface area contributed by atoms with E-state index in [1.54, 1.807) is 17.8 Å². The van der Waals surface area contributed by atoms with Crippen LogP contribution in [-0.4, -0.2) is 34.0 Å². The summed E-state index contributed by atoms with van der Waals surface area (Å²) in [6, 6.07) is 15.3. The van der Waals surface area contributed by atoms with Gasteiger partial charge in [-0.2, -0.15) is 5.10 Å². The summed E-state index contributed by atoms with van der Waals surface area (Å²) in [6.07, 6.45) is 0. The molecule has 1 heterocycles. The Hall–Kier alpha value is -2.86. The smallest absolute Gasteiger partial charge is 0.270 e. The third-order valence-electron chi connectivity index (χ3n) is 4.34. The fourth-order valence-electron chi connectivity index (χ4n) is 3.00. The Morgan fingerprint density at radius 3 is 2.56 bits per heavy atom. The molecule has 0 aliphatic rings. The molecule has 0 saturated heterocycles. The Morgan fingerprint density at radius 1 is 1.15 bits per heavy atom. The second-order valence-electron chi connectivity index (χ2n) is 6.36. The van der Waals surface area contributed by atoms with Gasteiger partial charge < -0.3 is 10.6 Å². The fraction of sp³-hybridized carbons (Fsp3) is 0.250. The molecule has 140 valence electrons. The van der Waals surface area contributed by atoms with E-state index >= 15 is 0 Å². The molecule has 0 saturated carbocycles. The van der Waals surface area contributed by atoms with E-state index in [1.165, 1.54) is 0 Å². The lowest BCUT2D eigenvalue weighted by atomic mass is 10.0. The summed E-state index contributed by atoms with van der Waals surface area (Å²) in [5.41, 5.74) is 2.12. The maximum Gasteiger partial charge on any atom is 0.270 e. The molecule has 1 aromatic heterocycles. The number of alkyl halides is 1. The van der Waals surface area contributed by atoms with Crippen LogP contribution in [0, 0.1) is 6.92 Å². The molecule has 2 aromatic carbocycles. The largest absolute Gasteiger partial charge is 0.353 e. The highest BCUT2D eigenvalue weighted by atomic mass is 35.5. The number of rotatable bonds is 6. The first-order valence-electron chi connectivity index (χ1n) is 8.61. The maximum atomic E-state index is 12.7. The number of halogens is 1. The molecule has 2 amide bonds. The number of fused-ring (bicyclic) bond motifs is 1. The SMILES string of the molecule is Cc1cc(C(=O)NC(CNC(=O)CCl)c2ccc3ccccc3c2)n(C)n1. The molecule has 1 unspecified atom stereocenters. The van der Waals surface area contributed by atoms with Gasteiger partial charge in [-0.15, -0.1) is 11.6 Å². The molecular weight excluding hydrogens is 364 g/mol. The monoisotopic (exact) mass is 384 g/mol. The van der Waals surface area contributed by atoms with Crippen molar-refractivity contribution in [3.8, 4) is 0 Å². The van der Waals surface area contributed by atoms with Crippen LogP contribution in [0.15, 0.2) is 48.5 Å². The second kappa shape index (κ2) is 8.22. The summed E-state index contributed by atoms with van der Waals surface area (Å²) < 4.78 is 1.54. The number of carbonyl (C=O) groups is 2. The van der Waals surface area contributed by atoms with E-state index in [0.29, 0.717) is 5.69 Å². The normalized spacial score (nSPS) is 12.0. The summed E-state index contributed by atoms with van der Waals surface area (Å²) in [5, 5.41) is 12.1. The van der Waals surface area contributed by atoms with Gasteiger partial charge in [-0.05, 0) is 35.4 Å². The number of aromatic nitrogens is 2. The molecule has 0 bridgehead atoms. The van der Waals surface area contributed by atoms with Crippen LogP contribution in [0.1, 0.15) is 27.8 Å². The first-order chi connectivity index (χ1) is 13.0. The van der Waals surface area contributed by atoms with Gasteiger partial charge in [0.15, 0.2) is 0 Å². The Morgan fingerprint density at radius 2 is 1.89 bits per heavy atom. The number of hydrogen-bond acceptors (Lipinski definition) is 3. The first-order valence-corrected chi connectivity index (χ1v) is 9.14. The van der Waals surface area contributed by atoms with Gasteiger partial charge in [0.05, 0.1) is 11.7 Å². The Bertz CT molecular complexity index is 983. The van der Waals surface area contributed by atoms with Crippen molar-refractivity contribution < 1.29 is 9.59 Å². The molecule has 0 fully saturated rings. The molecule has 0 aliphatic heterocycles. The zero-order valence-corrected chi connectivity index (χ0v) is 16.0. The number of nitrogens with one attached hydrogen (secondary N) is 2. The standard InChI is InChI=1S/C20H21ClN4O2/c1-13-9-18(25(2)24-13)20(27)23-17(12-22-19(26)11-21)16-8-7-14-5-3-4-6-15(14)10-16/h3-10,17H,11-12H2,1-2H3,(H,22,26)(H,23,27). The van der Waals surface area contributed by atoms with Crippen molar-refractivity contribution in [2.45, 2.75) is 13.0 Å². The minimum atomic E-state index is -0.399. The average Bonchev–Trinajstić information content (AvgIpc) is 3.02. The quantitative estimate of drug-likeness (QED) is 0.641. The lowest BCUT2D eigenvalue weighted by molar-refractivity contribution is -0.118. The highest BCUT2D eigenvalue weighted by molar-refractivity contribution is 6.27. The summed E-state index contributed by atoms with van der Waals surface area (Å²) in [7, 11) is 1.72. The minimum Gasteiger partial charge on any atom is -0.353 e. The van der Waals surface area contributed by atoms with Gasteiger partial charge in [0.1, 0.15) is 11.6 Å². The van der Waals surface area contributed by atoms with Crippen LogP contribution in [0.2, 0.25) is 0 Å². The van der Waals surface area contributed by atoms with Crippen LogP contribution in [0.5, 0.6) is 0 Å². The van der Waals surface area contributed by atoms with E-state index in [1.807, 2.05) is 49.4 Å². The Balaban J connectivity index is 1.88. The lowest BCUT2D eigenvalue weighted by Crippen LogP contribution is -2.38. The van der Waals surface area contributed by atoms with Gasteiger partial charge in [-0.25, -0.2) is 0 Å². The first kappa shape index (κ1) is 18.9. The minimum absolute atomic E-state index is 0.126. The van der Waals surface area contributed by atoms with Gasteiger partial charge in [0.2, 0.25) is 5.91 Å². The molecular formula is C20H21ClN4O2. The zero-order valence-electron chi connectivity index (χ0n) is 15.2. The van der Waals surface area contributed by atoms with Crippen molar-refractivity contribution in [2.75, 3.05) is 12.4 Å². The second-order valence-corrected chi connectivity index (χ2v) is 6.63. The summed E-state index contributed by atoms with van der Waals surface area (Å²) >= 11 is 5.57. The number of aryl methyl sites for hydroxylation is 2. The number of hydrogen-bond donors (Lipinski definition) is 2. The van der Waals surface area contributed by atoms with Gasteiger partial charge in [0, 0.05) is 13.6 Å². The molecule has 2 N–H and O–H groups in total. The van der Waals surface area contributed by atoms with E-state index in [4.69, 9.17) is 11.6 Å². The third-order valence-corrected chi connectivity index (χ3v) is 4.58. The third kappa shape index (κ3) is 4.46. The van der Waals surface area contributed by atoms with Crippen LogP contribution in [0.3, 0.4) is 0 Å². The van der Waals surface area contributed by atoms with Crippen LogP contribution in [0.4, 0.5) is 0 Å². The number of nitrogens with zero attached hydrogens (tertiary/aromatic N) is 2. The van der Waals surface area contributed by atoms with E-state index in [9.17, 15) is 9.59 Å². The van der Waals surface area contributed by atoms with Crippen LogP contribution in [-0.2, 0) is 11.8 Å². The predicted octanol–water partition coefficient (Wildman–Crippen LogP) is 2.71. The summed E-state index contributed by atoms with van der Waals surface area (Å²) in [6.45, 7) is 2.07. The fourth-order valence-corrected chi connectivity index (χ4v) is 3.09. The zero-order chi connectivity index (χ0) is 19.4. The molecule has 0 aliphatic carbocycles. The predicted molar refractivity (Wildman–Crippen MR) is 106 cm³/mol.